The highest BCUT2D eigenvalue weighted by molar-refractivity contribution is 7.92. The van der Waals surface area contributed by atoms with Crippen molar-refractivity contribution in [2.75, 3.05) is 0 Å². The number of halogens is 1. The van der Waals surface area contributed by atoms with E-state index in [0.717, 1.165) is 18.7 Å². The Morgan fingerprint density at radius 1 is 1.12 bits per heavy atom. The second-order valence-electron chi connectivity index (χ2n) is 6.48. The SMILES string of the molecule is CC(C)S(=O)(=O)c1ccccc1C(=O)NCc1ccc2c(c1)CNC2.Cl. The third-order valence-electron chi connectivity index (χ3n) is 4.41. The zero-order chi connectivity index (χ0) is 18.0. The highest BCUT2D eigenvalue weighted by Crippen LogP contribution is 2.21. The van der Waals surface area contributed by atoms with Crippen LogP contribution in [-0.2, 0) is 29.5 Å². The Balaban J connectivity index is 0.00000243. The molecule has 1 aliphatic heterocycles. The minimum Gasteiger partial charge on any atom is -0.348 e. The number of hydrogen-bond acceptors (Lipinski definition) is 4. The summed E-state index contributed by atoms with van der Waals surface area (Å²) in [6.45, 7) is 5.31. The van der Waals surface area contributed by atoms with Crippen LogP contribution in [0.5, 0.6) is 0 Å². The van der Waals surface area contributed by atoms with Crippen LogP contribution in [0.15, 0.2) is 47.4 Å². The van der Waals surface area contributed by atoms with Crippen molar-refractivity contribution in [3.63, 3.8) is 0 Å². The van der Waals surface area contributed by atoms with Gasteiger partial charge in [-0.15, -0.1) is 12.4 Å². The predicted molar refractivity (Wildman–Crippen MR) is 104 cm³/mol. The molecular weight excluding hydrogens is 372 g/mol. The van der Waals surface area contributed by atoms with Crippen molar-refractivity contribution in [1.29, 1.82) is 0 Å². The number of rotatable bonds is 5. The first-order valence-electron chi connectivity index (χ1n) is 8.32. The summed E-state index contributed by atoms with van der Waals surface area (Å²) in [7, 11) is -3.51. The lowest BCUT2D eigenvalue weighted by molar-refractivity contribution is 0.0947. The second-order valence-corrected chi connectivity index (χ2v) is 8.95. The highest BCUT2D eigenvalue weighted by atomic mass is 35.5. The van der Waals surface area contributed by atoms with E-state index in [1.54, 1.807) is 32.0 Å². The largest absolute Gasteiger partial charge is 0.348 e. The molecule has 0 atom stereocenters. The van der Waals surface area contributed by atoms with Gasteiger partial charge in [-0.2, -0.15) is 0 Å². The molecule has 7 heteroatoms. The number of nitrogens with one attached hydrogen (secondary N) is 2. The fraction of sp³-hybridized carbons (Fsp3) is 0.316. The fourth-order valence-electron chi connectivity index (χ4n) is 2.89. The molecule has 1 aliphatic rings. The molecule has 0 fully saturated rings. The summed E-state index contributed by atoms with van der Waals surface area (Å²) in [6, 6.07) is 12.5. The summed E-state index contributed by atoms with van der Waals surface area (Å²) in [5, 5.41) is 5.54. The lowest BCUT2D eigenvalue weighted by Crippen LogP contribution is -2.26. The molecule has 0 saturated carbocycles. The van der Waals surface area contributed by atoms with Crippen LogP contribution in [0, 0.1) is 0 Å². The van der Waals surface area contributed by atoms with Gasteiger partial charge in [0.25, 0.3) is 5.91 Å². The molecule has 0 bridgehead atoms. The van der Waals surface area contributed by atoms with E-state index in [9.17, 15) is 13.2 Å². The molecule has 1 amide bonds. The molecule has 140 valence electrons. The standard InChI is InChI=1S/C19H22N2O3S.ClH/c1-13(2)25(23,24)18-6-4-3-5-17(18)19(22)21-10-14-7-8-15-11-20-12-16(15)9-14;/h3-9,13,20H,10-12H2,1-2H3,(H,21,22);1H. The molecule has 0 aliphatic carbocycles. The van der Waals surface area contributed by atoms with E-state index < -0.39 is 15.1 Å². The Bertz CT molecular complexity index is 911. The molecule has 1 heterocycles. The molecule has 26 heavy (non-hydrogen) atoms. The van der Waals surface area contributed by atoms with E-state index in [-0.39, 0.29) is 28.8 Å². The summed E-state index contributed by atoms with van der Waals surface area (Å²) in [6.07, 6.45) is 0. The van der Waals surface area contributed by atoms with Crippen LogP contribution in [0.4, 0.5) is 0 Å². The maximum atomic E-state index is 12.6. The number of benzene rings is 2. The van der Waals surface area contributed by atoms with Crippen LogP contribution in [0.2, 0.25) is 0 Å². The molecule has 5 nitrogen and oxygen atoms in total. The Labute approximate surface area is 160 Å². The van der Waals surface area contributed by atoms with Gasteiger partial charge in [0.2, 0.25) is 0 Å². The van der Waals surface area contributed by atoms with Gasteiger partial charge in [0.15, 0.2) is 9.84 Å². The summed E-state index contributed by atoms with van der Waals surface area (Å²) >= 11 is 0. The first-order valence-corrected chi connectivity index (χ1v) is 9.87. The molecule has 2 N–H and O–H groups in total. The maximum absolute atomic E-state index is 12.6. The molecule has 0 unspecified atom stereocenters. The van der Waals surface area contributed by atoms with Crippen molar-refractivity contribution >= 4 is 28.2 Å². The Morgan fingerprint density at radius 2 is 1.81 bits per heavy atom. The van der Waals surface area contributed by atoms with Gasteiger partial charge in [0, 0.05) is 19.6 Å². The quantitative estimate of drug-likeness (QED) is 0.817. The van der Waals surface area contributed by atoms with E-state index in [2.05, 4.69) is 22.8 Å². The zero-order valence-electron chi connectivity index (χ0n) is 14.8. The third kappa shape index (κ3) is 4.09. The number of hydrogen-bond donors (Lipinski definition) is 2. The van der Waals surface area contributed by atoms with E-state index >= 15 is 0 Å². The summed E-state index contributed by atoms with van der Waals surface area (Å²) in [5.74, 6) is -0.376. The lowest BCUT2D eigenvalue weighted by Gasteiger charge is -2.13. The van der Waals surface area contributed by atoms with Gasteiger partial charge in [-0.1, -0.05) is 30.3 Å². The van der Waals surface area contributed by atoms with Crippen molar-refractivity contribution in [2.24, 2.45) is 0 Å². The molecule has 0 saturated heterocycles. The van der Waals surface area contributed by atoms with Gasteiger partial charge in [-0.25, -0.2) is 8.42 Å². The number of amides is 1. The van der Waals surface area contributed by atoms with Crippen LogP contribution in [0.3, 0.4) is 0 Å². The lowest BCUT2D eigenvalue weighted by atomic mass is 10.1. The minimum absolute atomic E-state index is 0. The van der Waals surface area contributed by atoms with E-state index in [4.69, 9.17) is 0 Å². The zero-order valence-corrected chi connectivity index (χ0v) is 16.4. The molecule has 0 aromatic heterocycles. The predicted octanol–water partition coefficient (Wildman–Crippen LogP) is 2.82. The molecule has 2 aromatic carbocycles. The topological polar surface area (TPSA) is 75.3 Å². The van der Waals surface area contributed by atoms with Gasteiger partial charge < -0.3 is 10.6 Å². The van der Waals surface area contributed by atoms with Crippen LogP contribution >= 0.6 is 12.4 Å². The van der Waals surface area contributed by atoms with Crippen LogP contribution in [-0.4, -0.2) is 19.6 Å². The third-order valence-corrected chi connectivity index (χ3v) is 6.62. The van der Waals surface area contributed by atoms with Crippen molar-refractivity contribution in [1.82, 2.24) is 10.6 Å². The van der Waals surface area contributed by atoms with E-state index in [1.807, 2.05) is 6.07 Å². The first-order chi connectivity index (χ1) is 11.9. The van der Waals surface area contributed by atoms with Gasteiger partial charge >= 0.3 is 0 Å². The molecule has 2 aromatic rings. The van der Waals surface area contributed by atoms with E-state index in [0.29, 0.717) is 6.54 Å². The number of carbonyl (C=O) groups is 1. The molecule has 3 rings (SSSR count). The average Bonchev–Trinajstić information content (AvgIpc) is 3.07. The van der Waals surface area contributed by atoms with Crippen molar-refractivity contribution in [2.45, 2.75) is 43.6 Å². The summed E-state index contributed by atoms with van der Waals surface area (Å²) < 4.78 is 24.9. The normalized spacial score (nSPS) is 13.2. The van der Waals surface area contributed by atoms with Crippen LogP contribution < -0.4 is 10.6 Å². The highest BCUT2D eigenvalue weighted by Gasteiger charge is 2.25. The van der Waals surface area contributed by atoms with E-state index in [1.165, 1.54) is 17.2 Å². The van der Waals surface area contributed by atoms with Crippen molar-refractivity contribution < 1.29 is 13.2 Å². The van der Waals surface area contributed by atoms with Crippen LogP contribution in [0.1, 0.15) is 40.9 Å². The molecule has 0 spiro atoms. The Kier molecular flexibility index (Phi) is 6.44. The summed E-state index contributed by atoms with van der Waals surface area (Å²) in [4.78, 5) is 12.6. The average molecular weight is 395 g/mol. The van der Waals surface area contributed by atoms with Gasteiger partial charge in [0.1, 0.15) is 0 Å². The first kappa shape index (κ1) is 20.4. The number of fused-ring (bicyclic) bond motifs is 1. The molecule has 0 radical (unpaired) electrons. The minimum atomic E-state index is -3.51. The van der Waals surface area contributed by atoms with Gasteiger partial charge in [-0.3, -0.25) is 4.79 Å². The van der Waals surface area contributed by atoms with Crippen molar-refractivity contribution in [3.05, 3.63) is 64.7 Å². The molecular formula is C19H23ClN2O3S. The maximum Gasteiger partial charge on any atom is 0.252 e. The van der Waals surface area contributed by atoms with Crippen LogP contribution in [0.25, 0.3) is 0 Å². The van der Waals surface area contributed by atoms with Crippen molar-refractivity contribution in [3.8, 4) is 0 Å². The summed E-state index contributed by atoms with van der Waals surface area (Å²) in [5.41, 5.74) is 3.72. The fourth-order valence-corrected chi connectivity index (χ4v) is 4.14. The number of carbonyl (C=O) groups excluding carboxylic acids is 1. The monoisotopic (exact) mass is 394 g/mol. The Hall–Kier alpha value is -1.89. The van der Waals surface area contributed by atoms with Gasteiger partial charge in [-0.05, 0) is 42.7 Å². The smallest absolute Gasteiger partial charge is 0.252 e. The number of sulfone groups is 1. The second kappa shape index (κ2) is 8.20. The van der Waals surface area contributed by atoms with Gasteiger partial charge in [0.05, 0.1) is 15.7 Å². The Morgan fingerprint density at radius 3 is 2.54 bits per heavy atom.